The van der Waals surface area contributed by atoms with Gasteiger partial charge in [0, 0.05) is 43.9 Å². The minimum absolute atomic E-state index is 0.201. The smallest absolute Gasteiger partial charge is 0.222 e. The lowest BCUT2D eigenvalue weighted by Gasteiger charge is -2.32. The molecule has 1 atom stereocenters. The van der Waals surface area contributed by atoms with Gasteiger partial charge in [-0.25, -0.2) is 14.6 Å². The van der Waals surface area contributed by atoms with E-state index in [1.165, 1.54) is 0 Å². The molecule has 22 heavy (non-hydrogen) atoms. The van der Waals surface area contributed by atoms with Crippen LogP contribution in [0.1, 0.15) is 37.3 Å². The van der Waals surface area contributed by atoms with Crippen molar-refractivity contribution >= 4 is 5.91 Å². The third-order valence-corrected chi connectivity index (χ3v) is 3.97. The topological polar surface area (TPSA) is 89.7 Å². The summed E-state index contributed by atoms with van der Waals surface area (Å²) in [5.74, 6) is 0.520. The largest absolute Gasteiger partial charge is 0.342 e. The summed E-state index contributed by atoms with van der Waals surface area (Å²) in [5.41, 5.74) is 1.03. The molecule has 2 aromatic rings. The maximum atomic E-state index is 12.3. The zero-order valence-corrected chi connectivity index (χ0v) is 12.4. The van der Waals surface area contributed by atoms with Crippen LogP contribution in [0.4, 0.5) is 0 Å². The number of nitrogens with zero attached hydrogens (tertiary/aromatic N) is 7. The Hall–Kier alpha value is -2.38. The van der Waals surface area contributed by atoms with Gasteiger partial charge in [-0.3, -0.25) is 4.79 Å². The molecule has 0 aromatic carbocycles. The molecule has 0 bridgehead atoms. The molecule has 0 spiro atoms. The van der Waals surface area contributed by atoms with Crippen molar-refractivity contribution in [1.29, 1.82) is 0 Å². The lowest BCUT2D eigenvalue weighted by molar-refractivity contribution is -0.132. The number of tetrazole rings is 1. The third kappa shape index (κ3) is 3.63. The molecule has 1 unspecified atom stereocenters. The van der Waals surface area contributed by atoms with Gasteiger partial charge in [0.25, 0.3) is 0 Å². The van der Waals surface area contributed by atoms with E-state index in [1.54, 1.807) is 23.5 Å². The molecule has 1 amide bonds. The molecule has 3 rings (SSSR count). The summed E-state index contributed by atoms with van der Waals surface area (Å²) in [4.78, 5) is 22.6. The van der Waals surface area contributed by atoms with E-state index < -0.39 is 0 Å². The van der Waals surface area contributed by atoms with Gasteiger partial charge in [0.15, 0.2) is 0 Å². The van der Waals surface area contributed by atoms with Crippen LogP contribution in [0.2, 0.25) is 0 Å². The van der Waals surface area contributed by atoms with Crippen LogP contribution in [0, 0.1) is 0 Å². The quantitative estimate of drug-likeness (QED) is 0.805. The Morgan fingerprint density at radius 1 is 1.41 bits per heavy atom. The minimum Gasteiger partial charge on any atom is -0.342 e. The Morgan fingerprint density at radius 2 is 2.36 bits per heavy atom. The van der Waals surface area contributed by atoms with Crippen molar-refractivity contribution in [2.75, 3.05) is 13.1 Å². The van der Waals surface area contributed by atoms with Crippen molar-refractivity contribution in [2.24, 2.45) is 0 Å². The predicted octanol–water partition coefficient (Wildman–Crippen LogP) is 0.649. The highest BCUT2D eigenvalue weighted by atomic mass is 16.2. The van der Waals surface area contributed by atoms with E-state index in [1.807, 2.05) is 11.0 Å². The van der Waals surface area contributed by atoms with Crippen LogP contribution < -0.4 is 0 Å². The molecule has 1 fully saturated rings. The average Bonchev–Trinajstić information content (AvgIpc) is 3.09. The summed E-state index contributed by atoms with van der Waals surface area (Å²) in [6, 6.07) is 1.94. The van der Waals surface area contributed by atoms with E-state index in [0.717, 1.165) is 38.0 Å². The van der Waals surface area contributed by atoms with Crippen molar-refractivity contribution < 1.29 is 4.79 Å². The van der Waals surface area contributed by atoms with Crippen LogP contribution in [0.25, 0.3) is 0 Å². The molecule has 1 saturated heterocycles. The van der Waals surface area contributed by atoms with Gasteiger partial charge in [-0.1, -0.05) is 0 Å². The molecule has 1 aliphatic rings. The molecule has 0 saturated carbocycles. The van der Waals surface area contributed by atoms with Crippen molar-refractivity contribution in [1.82, 2.24) is 35.1 Å². The molecule has 3 heterocycles. The molecule has 8 nitrogen and oxygen atoms in total. The first kappa shape index (κ1) is 14.6. The number of hydrogen-bond donors (Lipinski definition) is 0. The van der Waals surface area contributed by atoms with Crippen molar-refractivity contribution in [3.05, 3.63) is 30.6 Å². The average molecular weight is 301 g/mol. The molecule has 0 aliphatic carbocycles. The van der Waals surface area contributed by atoms with Gasteiger partial charge in [0.05, 0.1) is 0 Å². The first-order valence-electron chi connectivity index (χ1n) is 7.57. The third-order valence-electron chi connectivity index (χ3n) is 3.97. The number of aryl methyl sites for hydroxylation is 1. The van der Waals surface area contributed by atoms with Crippen molar-refractivity contribution in [2.45, 2.75) is 38.1 Å². The second-order valence-electron chi connectivity index (χ2n) is 5.49. The number of amides is 1. The summed E-state index contributed by atoms with van der Waals surface area (Å²) in [5, 5.41) is 11.0. The molecular weight excluding hydrogens is 282 g/mol. The standard InChI is InChI=1S/C14H19N7O/c22-14(4-2-8-21-11-17-18-19-21)20-7-1-3-12(9-20)13-5-6-15-10-16-13/h5-6,10-12H,1-4,7-9H2. The van der Waals surface area contributed by atoms with E-state index in [0.29, 0.717) is 18.9 Å². The summed E-state index contributed by atoms with van der Waals surface area (Å²) < 4.78 is 1.65. The molecule has 1 aliphatic heterocycles. The summed E-state index contributed by atoms with van der Waals surface area (Å²) in [7, 11) is 0. The van der Waals surface area contributed by atoms with E-state index in [2.05, 4.69) is 25.5 Å². The number of piperidine rings is 1. The van der Waals surface area contributed by atoms with E-state index >= 15 is 0 Å². The molecule has 8 heteroatoms. The fourth-order valence-electron chi connectivity index (χ4n) is 2.82. The lowest BCUT2D eigenvalue weighted by Crippen LogP contribution is -2.39. The van der Waals surface area contributed by atoms with Crippen LogP contribution in [-0.4, -0.2) is 54.1 Å². The zero-order valence-electron chi connectivity index (χ0n) is 12.4. The van der Waals surface area contributed by atoms with Crippen LogP contribution in [0.5, 0.6) is 0 Å². The first-order valence-corrected chi connectivity index (χ1v) is 7.57. The Morgan fingerprint density at radius 3 is 3.14 bits per heavy atom. The minimum atomic E-state index is 0.201. The van der Waals surface area contributed by atoms with E-state index in [9.17, 15) is 4.79 Å². The first-order chi connectivity index (χ1) is 10.8. The fraction of sp³-hybridized carbons (Fsp3) is 0.571. The number of hydrogen-bond acceptors (Lipinski definition) is 6. The van der Waals surface area contributed by atoms with Gasteiger partial charge >= 0.3 is 0 Å². The van der Waals surface area contributed by atoms with Gasteiger partial charge in [0.2, 0.25) is 5.91 Å². The molecule has 0 N–H and O–H groups in total. The highest BCUT2D eigenvalue weighted by Gasteiger charge is 2.25. The SMILES string of the molecule is O=C(CCCn1cnnn1)N1CCCC(c2ccncn2)C1. The van der Waals surface area contributed by atoms with Gasteiger partial charge in [0.1, 0.15) is 12.7 Å². The fourth-order valence-corrected chi connectivity index (χ4v) is 2.82. The second kappa shape index (κ2) is 7.06. The summed E-state index contributed by atoms with van der Waals surface area (Å²) in [6.45, 7) is 2.26. The van der Waals surface area contributed by atoms with E-state index in [4.69, 9.17) is 0 Å². The molecule has 0 radical (unpaired) electrons. The second-order valence-corrected chi connectivity index (χ2v) is 5.49. The highest BCUT2D eigenvalue weighted by molar-refractivity contribution is 5.76. The predicted molar refractivity (Wildman–Crippen MR) is 77.6 cm³/mol. The lowest BCUT2D eigenvalue weighted by atomic mass is 9.94. The van der Waals surface area contributed by atoms with Gasteiger partial charge in [-0.05, 0) is 35.8 Å². The normalized spacial score (nSPS) is 18.4. The number of likely N-dealkylation sites (tertiary alicyclic amines) is 1. The number of rotatable bonds is 5. The Bertz CT molecular complexity index is 587. The Kier molecular flexibility index (Phi) is 4.67. The van der Waals surface area contributed by atoms with Crippen LogP contribution in [-0.2, 0) is 11.3 Å². The van der Waals surface area contributed by atoms with Gasteiger partial charge in [-0.15, -0.1) is 5.10 Å². The summed E-state index contributed by atoms with van der Waals surface area (Å²) in [6.07, 6.45) is 8.27. The number of carbonyl (C=O) groups is 1. The monoisotopic (exact) mass is 301 g/mol. The summed E-state index contributed by atoms with van der Waals surface area (Å²) >= 11 is 0. The van der Waals surface area contributed by atoms with Crippen molar-refractivity contribution in [3.8, 4) is 0 Å². The van der Waals surface area contributed by atoms with Crippen molar-refractivity contribution in [3.63, 3.8) is 0 Å². The molecule has 116 valence electrons. The van der Waals surface area contributed by atoms with Gasteiger partial charge in [-0.2, -0.15) is 0 Å². The highest BCUT2D eigenvalue weighted by Crippen LogP contribution is 2.25. The molecule has 2 aromatic heterocycles. The number of carbonyl (C=O) groups excluding carboxylic acids is 1. The van der Waals surface area contributed by atoms with Crippen LogP contribution in [0.15, 0.2) is 24.9 Å². The molecular formula is C14H19N7O. The maximum Gasteiger partial charge on any atom is 0.222 e. The van der Waals surface area contributed by atoms with Gasteiger partial charge < -0.3 is 4.90 Å². The van der Waals surface area contributed by atoms with E-state index in [-0.39, 0.29) is 5.91 Å². The van der Waals surface area contributed by atoms with Crippen LogP contribution in [0.3, 0.4) is 0 Å². The number of aromatic nitrogens is 6. The Labute approximate surface area is 128 Å². The van der Waals surface area contributed by atoms with Crippen LogP contribution >= 0.6 is 0 Å². The zero-order chi connectivity index (χ0) is 15.2. The maximum absolute atomic E-state index is 12.3. The Balaban J connectivity index is 1.49.